The van der Waals surface area contributed by atoms with Crippen molar-refractivity contribution in [1.82, 2.24) is 5.32 Å². The predicted molar refractivity (Wildman–Crippen MR) is 63.1 cm³/mol. The van der Waals surface area contributed by atoms with Crippen molar-refractivity contribution in [2.75, 3.05) is 7.05 Å². The van der Waals surface area contributed by atoms with E-state index in [-0.39, 0.29) is 0 Å². The maximum atomic E-state index is 12.4. The van der Waals surface area contributed by atoms with Crippen LogP contribution in [0, 0.1) is 0 Å². The van der Waals surface area contributed by atoms with E-state index in [1.54, 1.807) is 31.3 Å². The highest BCUT2D eigenvalue weighted by Crippen LogP contribution is 2.28. The Morgan fingerprint density at radius 2 is 2.06 bits per heavy atom. The van der Waals surface area contributed by atoms with Gasteiger partial charge in [-0.15, -0.1) is 0 Å². The Morgan fingerprint density at radius 3 is 2.53 bits per heavy atom. The summed E-state index contributed by atoms with van der Waals surface area (Å²) in [6, 6.07) is 6.25. The Hall–Kier alpha value is -1.00. The molecule has 1 unspecified atom stereocenters. The van der Waals surface area contributed by atoms with Crippen molar-refractivity contribution in [1.29, 1.82) is 0 Å². The van der Waals surface area contributed by atoms with E-state index in [4.69, 9.17) is 11.6 Å². The molecule has 0 spiro atoms. The van der Waals surface area contributed by atoms with E-state index in [9.17, 15) is 13.2 Å². The molecule has 94 valence electrons. The smallest absolute Gasteiger partial charge is 0.310 e. The summed E-state index contributed by atoms with van der Waals surface area (Å²) in [5, 5.41) is 3.31. The number of benzene rings is 1. The van der Waals surface area contributed by atoms with Gasteiger partial charge in [-0.05, 0) is 31.7 Å². The molecule has 1 aromatic carbocycles. The summed E-state index contributed by atoms with van der Waals surface area (Å²) >= 11 is 5.80. The first-order valence-electron chi connectivity index (χ1n) is 5.03. The first kappa shape index (κ1) is 14.1. The van der Waals surface area contributed by atoms with Crippen molar-refractivity contribution in [3.8, 4) is 0 Å². The van der Waals surface area contributed by atoms with Gasteiger partial charge in [-0.3, -0.25) is 0 Å². The molecule has 17 heavy (non-hydrogen) atoms. The molecular weight excluding hydrogens is 251 g/mol. The highest BCUT2D eigenvalue weighted by atomic mass is 35.5. The Labute approximate surface area is 103 Å². The molecule has 0 heterocycles. The molecule has 0 radical (unpaired) electrons. The zero-order valence-electron chi connectivity index (χ0n) is 9.48. The zero-order chi connectivity index (χ0) is 13.1. The number of nitrogens with one attached hydrogen (secondary N) is 1. The van der Waals surface area contributed by atoms with Crippen molar-refractivity contribution < 1.29 is 13.2 Å². The van der Waals surface area contributed by atoms with Gasteiger partial charge in [-0.2, -0.15) is 13.2 Å². The van der Waals surface area contributed by atoms with Gasteiger partial charge in [0.1, 0.15) is 0 Å². The molecule has 5 heteroatoms. The van der Waals surface area contributed by atoms with E-state index < -0.39 is 17.8 Å². The fourth-order valence-electron chi connectivity index (χ4n) is 1.39. The molecule has 1 rings (SSSR count). The lowest BCUT2D eigenvalue weighted by Crippen LogP contribution is -2.17. The number of likely N-dealkylation sites (N-methyl/N-ethyl adjacent to an activating group) is 1. The van der Waals surface area contributed by atoms with E-state index in [1.165, 1.54) is 0 Å². The van der Waals surface area contributed by atoms with Crippen LogP contribution in [0.3, 0.4) is 0 Å². The molecule has 0 aliphatic carbocycles. The fraction of sp³-hybridized carbons (Fsp3) is 0.333. The molecule has 0 aromatic heterocycles. The summed E-state index contributed by atoms with van der Waals surface area (Å²) < 4.78 is 37.3. The quantitative estimate of drug-likeness (QED) is 0.810. The first-order valence-corrected chi connectivity index (χ1v) is 5.40. The molecule has 1 N–H and O–H groups in total. The summed E-state index contributed by atoms with van der Waals surface area (Å²) in [4.78, 5) is 0. The first-order chi connectivity index (χ1) is 7.84. The van der Waals surface area contributed by atoms with Crippen LogP contribution < -0.4 is 5.32 Å². The summed E-state index contributed by atoms with van der Waals surface area (Å²) in [6.45, 7) is 1.05. The van der Waals surface area contributed by atoms with Crippen LogP contribution in [-0.2, 0) is 0 Å². The largest absolute Gasteiger partial charge is 0.412 e. The third-order valence-corrected chi connectivity index (χ3v) is 2.62. The lowest BCUT2D eigenvalue weighted by atomic mass is 10.0. The van der Waals surface area contributed by atoms with E-state index in [0.29, 0.717) is 10.6 Å². The van der Waals surface area contributed by atoms with Crippen molar-refractivity contribution in [3.63, 3.8) is 0 Å². The molecule has 0 fully saturated rings. The average molecular weight is 264 g/mol. The van der Waals surface area contributed by atoms with Crippen LogP contribution in [0.25, 0.3) is 0 Å². The molecule has 1 nitrogen and oxygen atoms in total. The number of alkyl halides is 3. The van der Waals surface area contributed by atoms with E-state index in [2.05, 4.69) is 5.32 Å². The minimum Gasteiger partial charge on any atom is -0.310 e. The lowest BCUT2D eigenvalue weighted by Gasteiger charge is -2.15. The van der Waals surface area contributed by atoms with Crippen molar-refractivity contribution >= 4 is 11.6 Å². The molecular formula is C12H13ClF3N. The molecule has 1 atom stereocenters. The van der Waals surface area contributed by atoms with Gasteiger partial charge >= 0.3 is 6.18 Å². The van der Waals surface area contributed by atoms with Crippen LogP contribution in [0.4, 0.5) is 13.2 Å². The monoisotopic (exact) mass is 263 g/mol. The highest BCUT2D eigenvalue weighted by molar-refractivity contribution is 6.30. The Bertz CT molecular complexity index is 412. The minimum absolute atomic E-state index is 0.501. The molecule has 0 aliphatic heterocycles. The SMILES string of the molecule is CNC(/C=C(\C)C(F)(F)F)c1cccc(Cl)c1. The van der Waals surface area contributed by atoms with Gasteiger partial charge in [0.2, 0.25) is 0 Å². The van der Waals surface area contributed by atoms with Gasteiger partial charge in [0.25, 0.3) is 0 Å². The van der Waals surface area contributed by atoms with Gasteiger partial charge in [0.15, 0.2) is 0 Å². The summed E-state index contributed by atoms with van der Waals surface area (Å²) in [6.07, 6.45) is -3.15. The van der Waals surface area contributed by atoms with Crippen LogP contribution in [0.5, 0.6) is 0 Å². The maximum Gasteiger partial charge on any atom is 0.412 e. The third-order valence-electron chi connectivity index (χ3n) is 2.38. The number of hydrogen-bond acceptors (Lipinski definition) is 1. The van der Waals surface area contributed by atoms with Crippen LogP contribution in [-0.4, -0.2) is 13.2 Å². The Morgan fingerprint density at radius 1 is 1.41 bits per heavy atom. The second-order valence-electron chi connectivity index (χ2n) is 3.67. The van der Waals surface area contributed by atoms with Crippen molar-refractivity contribution in [2.45, 2.75) is 19.1 Å². The van der Waals surface area contributed by atoms with Crippen LogP contribution in [0.1, 0.15) is 18.5 Å². The highest BCUT2D eigenvalue weighted by Gasteiger charge is 2.30. The number of halogens is 4. The lowest BCUT2D eigenvalue weighted by molar-refractivity contribution is -0.0917. The van der Waals surface area contributed by atoms with Crippen LogP contribution in [0.2, 0.25) is 5.02 Å². The Balaban J connectivity index is 3.01. The maximum absolute atomic E-state index is 12.4. The molecule has 1 aromatic rings. The van der Waals surface area contributed by atoms with Gasteiger partial charge in [0, 0.05) is 10.6 Å². The number of hydrogen-bond donors (Lipinski definition) is 1. The van der Waals surface area contributed by atoms with E-state index in [0.717, 1.165) is 13.0 Å². The van der Waals surface area contributed by atoms with Crippen molar-refractivity contribution in [2.24, 2.45) is 0 Å². The molecule has 0 bridgehead atoms. The van der Waals surface area contributed by atoms with Gasteiger partial charge in [-0.1, -0.05) is 29.8 Å². The second-order valence-corrected chi connectivity index (χ2v) is 4.11. The summed E-state index contributed by atoms with van der Waals surface area (Å²) in [7, 11) is 1.60. The summed E-state index contributed by atoms with van der Waals surface area (Å²) in [5.41, 5.74) is 0.0698. The van der Waals surface area contributed by atoms with Gasteiger partial charge in [-0.25, -0.2) is 0 Å². The number of rotatable bonds is 3. The average Bonchev–Trinajstić information content (AvgIpc) is 2.24. The molecule has 0 saturated heterocycles. The number of allylic oxidation sites excluding steroid dienone is 1. The molecule has 0 aliphatic rings. The van der Waals surface area contributed by atoms with Crippen LogP contribution in [0.15, 0.2) is 35.9 Å². The zero-order valence-corrected chi connectivity index (χ0v) is 10.2. The molecule has 0 amide bonds. The molecule has 0 saturated carbocycles. The summed E-state index contributed by atoms with van der Waals surface area (Å²) in [5.74, 6) is 0. The van der Waals surface area contributed by atoms with Gasteiger partial charge < -0.3 is 5.32 Å². The second kappa shape index (κ2) is 5.56. The predicted octanol–water partition coefficient (Wildman–Crippen LogP) is 4.11. The van der Waals surface area contributed by atoms with Gasteiger partial charge in [0.05, 0.1) is 6.04 Å². The normalized spacial score (nSPS) is 14.8. The fourth-order valence-corrected chi connectivity index (χ4v) is 1.59. The van der Waals surface area contributed by atoms with Crippen LogP contribution >= 0.6 is 11.6 Å². The topological polar surface area (TPSA) is 12.0 Å². The van der Waals surface area contributed by atoms with E-state index >= 15 is 0 Å². The minimum atomic E-state index is -4.30. The Kier molecular flexibility index (Phi) is 4.60. The third kappa shape index (κ3) is 4.06. The standard InChI is InChI=1S/C12H13ClF3N/c1-8(12(14,15)16)6-11(17-2)9-4-3-5-10(13)7-9/h3-7,11,17H,1-2H3/b8-6+. The van der Waals surface area contributed by atoms with E-state index in [1.807, 2.05) is 0 Å². The van der Waals surface area contributed by atoms with Crippen molar-refractivity contribution in [3.05, 3.63) is 46.5 Å².